The number of rotatable bonds is 7. The monoisotopic (exact) mass is 200 g/mol. The lowest BCUT2D eigenvalue weighted by Gasteiger charge is -2.34. The number of ether oxygens (including phenoxy) is 1. The first-order valence-corrected chi connectivity index (χ1v) is 6.07. The first kappa shape index (κ1) is 14.0. The lowest BCUT2D eigenvalue weighted by molar-refractivity contribution is -0.00709. The summed E-state index contributed by atoms with van der Waals surface area (Å²) >= 11 is 0. The smallest absolute Gasteiger partial charge is 0.0525 e. The molecular formula is C13H28O. The predicted octanol–water partition coefficient (Wildman–Crippen LogP) is 4.26. The average molecular weight is 200 g/mol. The highest BCUT2D eigenvalue weighted by Gasteiger charge is 2.27. The minimum absolute atomic E-state index is 0.361. The van der Waals surface area contributed by atoms with E-state index in [-0.39, 0.29) is 0 Å². The average Bonchev–Trinajstić information content (AvgIpc) is 2.11. The first-order valence-electron chi connectivity index (χ1n) is 6.07. The maximum Gasteiger partial charge on any atom is 0.0525 e. The molecule has 0 amide bonds. The fourth-order valence-corrected chi connectivity index (χ4v) is 2.01. The normalized spacial score (nSPS) is 12.9. The molecule has 0 unspecified atom stereocenters. The third kappa shape index (κ3) is 4.99. The molecule has 0 heterocycles. The van der Waals surface area contributed by atoms with Crippen molar-refractivity contribution in [2.75, 3.05) is 6.61 Å². The van der Waals surface area contributed by atoms with Crippen LogP contribution in [0.25, 0.3) is 0 Å². The van der Waals surface area contributed by atoms with E-state index in [4.69, 9.17) is 4.74 Å². The molecule has 0 spiro atoms. The summed E-state index contributed by atoms with van der Waals surface area (Å²) in [5.74, 6) is 0.769. The Hall–Kier alpha value is -0.0400. The third-order valence-corrected chi connectivity index (χ3v) is 3.06. The van der Waals surface area contributed by atoms with Gasteiger partial charge in [0, 0.05) is 0 Å². The van der Waals surface area contributed by atoms with Gasteiger partial charge in [0.2, 0.25) is 0 Å². The van der Waals surface area contributed by atoms with E-state index in [1.165, 1.54) is 19.3 Å². The van der Waals surface area contributed by atoms with E-state index in [1.807, 2.05) is 0 Å². The van der Waals surface area contributed by atoms with Crippen LogP contribution in [0.3, 0.4) is 0 Å². The summed E-state index contributed by atoms with van der Waals surface area (Å²) in [6.45, 7) is 14.3. The molecule has 1 nitrogen and oxygen atoms in total. The van der Waals surface area contributed by atoms with Crippen molar-refractivity contribution in [2.24, 2.45) is 11.3 Å². The molecule has 0 aliphatic heterocycles. The second-order valence-corrected chi connectivity index (χ2v) is 5.16. The van der Waals surface area contributed by atoms with E-state index >= 15 is 0 Å². The number of hydrogen-bond donors (Lipinski definition) is 0. The predicted molar refractivity (Wildman–Crippen MR) is 63.6 cm³/mol. The molecule has 0 saturated carbocycles. The van der Waals surface area contributed by atoms with Gasteiger partial charge in [0.05, 0.1) is 12.7 Å². The van der Waals surface area contributed by atoms with E-state index in [9.17, 15) is 0 Å². The molecule has 0 aromatic carbocycles. The minimum atomic E-state index is 0.361. The fourth-order valence-electron chi connectivity index (χ4n) is 2.01. The van der Waals surface area contributed by atoms with Crippen LogP contribution >= 0.6 is 0 Å². The molecule has 0 bridgehead atoms. The van der Waals surface area contributed by atoms with Crippen molar-refractivity contribution < 1.29 is 4.74 Å². The van der Waals surface area contributed by atoms with Crippen LogP contribution in [-0.2, 0) is 4.74 Å². The Kier molecular flexibility index (Phi) is 6.43. The maximum absolute atomic E-state index is 5.79. The summed E-state index contributed by atoms with van der Waals surface area (Å²) in [5, 5.41) is 0. The second-order valence-electron chi connectivity index (χ2n) is 5.16. The van der Waals surface area contributed by atoms with Gasteiger partial charge in [-0.1, -0.05) is 27.7 Å². The molecule has 0 aromatic rings. The largest absolute Gasteiger partial charge is 0.378 e. The maximum atomic E-state index is 5.79. The van der Waals surface area contributed by atoms with Gasteiger partial charge in [0.25, 0.3) is 0 Å². The molecule has 0 radical (unpaired) electrons. The van der Waals surface area contributed by atoms with Gasteiger partial charge >= 0.3 is 0 Å². The number of hydrogen-bond acceptors (Lipinski definition) is 1. The quantitative estimate of drug-likeness (QED) is 0.596. The minimum Gasteiger partial charge on any atom is -0.378 e. The molecule has 0 aliphatic rings. The van der Waals surface area contributed by atoms with Gasteiger partial charge in [-0.3, -0.25) is 0 Å². The zero-order valence-corrected chi connectivity index (χ0v) is 10.9. The molecule has 86 valence electrons. The van der Waals surface area contributed by atoms with Crippen LogP contribution in [0.4, 0.5) is 0 Å². The Morgan fingerprint density at radius 3 is 1.79 bits per heavy atom. The lowest BCUT2D eigenvalue weighted by Crippen LogP contribution is -2.29. The van der Waals surface area contributed by atoms with Crippen molar-refractivity contribution in [1.82, 2.24) is 0 Å². The molecular weight excluding hydrogens is 172 g/mol. The Bertz CT molecular complexity index is 134. The summed E-state index contributed by atoms with van der Waals surface area (Å²) in [6.07, 6.45) is 4.11. The molecule has 0 aromatic heterocycles. The van der Waals surface area contributed by atoms with Crippen molar-refractivity contribution in [3.8, 4) is 0 Å². The highest BCUT2D eigenvalue weighted by molar-refractivity contribution is 4.77. The summed E-state index contributed by atoms with van der Waals surface area (Å²) in [6, 6.07) is 0. The van der Waals surface area contributed by atoms with Crippen molar-refractivity contribution in [1.29, 1.82) is 0 Å². The molecule has 1 heteroatoms. The van der Waals surface area contributed by atoms with E-state index in [2.05, 4.69) is 41.5 Å². The summed E-state index contributed by atoms with van der Waals surface area (Å²) < 4.78 is 5.79. The van der Waals surface area contributed by atoms with E-state index in [1.54, 1.807) is 0 Å². The zero-order chi connectivity index (χ0) is 11.2. The van der Waals surface area contributed by atoms with Gasteiger partial charge in [-0.25, -0.2) is 0 Å². The topological polar surface area (TPSA) is 9.23 Å². The molecule has 0 fully saturated rings. The van der Waals surface area contributed by atoms with Crippen molar-refractivity contribution >= 4 is 0 Å². The van der Waals surface area contributed by atoms with E-state index in [0.29, 0.717) is 11.5 Å². The van der Waals surface area contributed by atoms with Crippen LogP contribution < -0.4 is 0 Å². The highest BCUT2D eigenvalue weighted by atomic mass is 16.5. The highest BCUT2D eigenvalue weighted by Crippen LogP contribution is 2.34. The molecule has 0 aliphatic carbocycles. The zero-order valence-electron chi connectivity index (χ0n) is 10.9. The van der Waals surface area contributed by atoms with Crippen molar-refractivity contribution in [3.05, 3.63) is 0 Å². The molecule has 0 saturated heterocycles. The van der Waals surface area contributed by atoms with E-state index in [0.717, 1.165) is 12.5 Å². The Balaban J connectivity index is 4.21. The van der Waals surface area contributed by atoms with Gasteiger partial charge in [-0.15, -0.1) is 0 Å². The van der Waals surface area contributed by atoms with Gasteiger partial charge in [-0.2, -0.15) is 0 Å². The summed E-state index contributed by atoms with van der Waals surface area (Å²) in [4.78, 5) is 0. The van der Waals surface area contributed by atoms with Crippen LogP contribution in [0.5, 0.6) is 0 Å². The van der Waals surface area contributed by atoms with Crippen molar-refractivity contribution in [3.63, 3.8) is 0 Å². The second kappa shape index (κ2) is 6.44. The Labute approximate surface area is 90.2 Å². The van der Waals surface area contributed by atoms with Gasteiger partial charge in [-0.05, 0) is 44.4 Å². The Morgan fingerprint density at radius 1 is 1.00 bits per heavy atom. The van der Waals surface area contributed by atoms with Crippen LogP contribution in [0.2, 0.25) is 0 Å². The van der Waals surface area contributed by atoms with Crippen LogP contribution in [-0.4, -0.2) is 12.7 Å². The molecule has 0 rings (SSSR count). The van der Waals surface area contributed by atoms with Crippen LogP contribution in [0.15, 0.2) is 0 Å². The molecule has 14 heavy (non-hydrogen) atoms. The fraction of sp³-hybridized carbons (Fsp3) is 1.00. The first-order chi connectivity index (χ1) is 6.45. The molecule has 0 N–H and O–H groups in total. The lowest BCUT2D eigenvalue weighted by atomic mass is 9.76. The summed E-state index contributed by atoms with van der Waals surface area (Å²) in [5.41, 5.74) is 0.415. The van der Waals surface area contributed by atoms with Crippen LogP contribution in [0.1, 0.15) is 60.8 Å². The third-order valence-electron chi connectivity index (χ3n) is 3.06. The van der Waals surface area contributed by atoms with Gasteiger partial charge in [0.1, 0.15) is 0 Å². The van der Waals surface area contributed by atoms with Gasteiger partial charge < -0.3 is 4.74 Å². The SMILES string of the molecule is CCC(CC)(COC(C)C)CC(C)C. The Morgan fingerprint density at radius 2 is 1.50 bits per heavy atom. The summed E-state index contributed by atoms with van der Waals surface area (Å²) in [7, 11) is 0. The van der Waals surface area contributed by atoms with Crippen LogP contribution in [0, 0.1) is 11.3 Å². The standard InChI is InChI=1S/C13H28O/c1-7-13(8-2,9-11(3)4)10-14-12(5)6/h11-12H,7-10H2,1-6H3. The van der Waals surface area contributed by atoms with Crippen molar-refractivity contribution in [2.45, 2.75) is 66.9 Å². The van der Waals surface area contributed by atoms with E-state index < -0.39 is 0 Å². The van der Waals surface area contributed by atoms with Gasteiger partial charge in [0.15, 0.2) is 0 Å². The molecule has 0 atom stereocenters.